The number of carbonyl (C=O) groups is 1. The number of carbonyl (C=O) groups excluding carboxylic acids is 1. The topological polar surface area (TPSA) is 150 Å². The number of primary sulfonamides is 1. The molecule has 2 aromatic rings. The molecular formula is C14H17N5O5S. The summed E-state index contributed by atoms with van der Waals surface area (Å²) in [6, 6.07) is 4.31. The van der Waals surface area contributed by atoms with Gasteiger partial charge in [-0.25, -0.2) is 13.6 Å². The fraction of sp³-hybridized carbons (Fsp3) is 0.286. The van der Waals surface area contributed by atoms with Gasteiger partial charge in [0.15, 0.2) is 0 Å². The summed E-state index contributed by atoms with van der Waals surface area (Å²) < 4.78 is 24.3. The van der Waals surface area contributed by atoms with E-state index in [1.807, 2.05) is 0 Å². The maximum atomic E-state index is 12.1. The normalized spacial score (nSPS) is 11.4. The number of nitrogens with one attached hydrogen (secondary N) is 1. The molecule has 1 aromatic heterocycles. The van der Waals surface area contributed by atoms with Crippen LogP contribution in [0.5, 0.6) is 0 Å². The first kappa shape index (κ1) is 18.5. The molecule has 0 saturated carbocycles. The van der Waals surface area contributed by atoms with E-state index in [0.717, 1.165) is 0 Å². The van der Waals surface area contributed by atoms with Gasteiger partial charge in [0, 0.05) is 5.69 Å². The minimum absolute atomic E-state index is 0.0907. The average Bonchev–Trinajstić information content (AvgIpc) is 2.74. The summed E-state index contributed by atoms with van der Waals surface area (Å²) in [6.07, 6.45) is 0. The molecule has 2 rings (SSSR count). The van der Waals surface area contributed by atoms with Crippen LogP contribution in [0.1, 0.15) is 17.0 Å². The molecule has 134 valence electrons. The van der Waals surface area contributed by atoms with E-state index in [9.17, 15) is 23.3 Å². The molecule has 0 fully saturated rings. The van der Waals surface area contributed by atoms with Crippen molar-refractivity contribution in [2.24, 2.45) is 5.14 Å². The van der Waals surface area contributed by atoms with Gasteiger partial charge in [0.05, 0.1) is 9.82 Å². The van der Waals surface area contributed by atoms with Gasteiger partial charge in [-0.3, -0.25) is 19.6 Å². The van der Waals surface area contributed by atoms with Crippen molar-refractivity contribution in [2.45, 2.75) is 32.2 Å². The van der Waals surface area contributed by atoms with Gasteiger partial charge in [-0.2, -0.15) is 5.10 Å². The van der Waals surface area contributed by atoms with Crippen molar-refractivity contribution in [1.29, 1.82) is 0 Å². The largest absolute Gasteiger partial charge is 0.324 e. The molecule has 1 heterocycles. The minimum atomic E-state index is -3.91. The van der Waals surface area contributed by atoms with Crippen LogP contribution in [-0.2, 0) is 21.4 Å². The lowest BCUT2D eigenvalue weighted by Crippen LogP contribution is -2.21. The summed E-state index contributed by atoms with van der Waals surface area (Å²) in [4.78, 5) is 22.5. The number of amides is 1. The maximum Gasteiger partial charge on any atom is 0.312 e. The Kier molecular flexibility index (Phi) is 4.90. The molecule has 25 heavy (non-hydrogen) atoms. The van der Waals surface area contributed by atoms with Crippen LogP contribution < -0.4 is 10.5 Å². The average molecular weight is 367 g/mol. The fourth-order valence-corrected chi connectivity index (χ4v) is 3.23. The molecule has 0 atom stereocenters. The Hall–Kier alpha value is -2.79. The number of rotatable bonds is 5. The number of hydrogen-bond acceptors (Lipinski definition) is 6. The first-order valence-corrected chi connectivity index (χ1v) is 8.67. The molecule has 1 amide bonds. The first-order chi connectivity index (χ1) is 11.5. The Labute approximate surface area is 143 Å². The van der Waals surface area contributed by atoms with E-state index in [4.69, 9.17) is 5.14 Å². The number of sulfonamides is 1. The highest BCUT2D eigenvalue weighted by molar-refractivity contribution is 7.89. The second kappa shape index (κ2) is 6.61. The Morgan fingerprint density at radius 1 is 1.36 bits per heavy atom. The zero-order chi connectivity index (χ0) is 18.9. The predicted octanol–water partition coefficient (Wildman–Crippen LogP) is 1.00. The van der Waals surface area contributed by atoms with E-state index in [0.29, 0.717) is 5.56 Å². The van der Waals surface area contributed by atoms with Crippen LogP contribution in [0.15, 0.2) is 23.1 Å². The van der Waals surface area contributed by atoms with Gasteiger partial charge in [-0.05, 0) is 38.5 Å². The molecule has 0 aliphatic rings. The lowest BCUT2D eigenvalue weighted by Gasteiger charge is -2.09. The van der Waals surface area contributed by atoms with Gasteiger partial charge in [0.1, 0.15) is 17.9 Å². The second-order valence-electron chi connectivity index (χ2n) is 5.51. The third-order valence-electron chi connectivity index (χ3n) is 3.60. The summed E-state index contributed by atoms with van der Waals surface area (Å²) in [6.45, 7) is 4.31. The molecule has 1 aromatic carbocycles. The van der Waals surface area contributed by atoms with E-state index in [1.165, 1.54) is 36.7 Å². The number of anilines is 1. The lowest BCUT2D eigenvalue weighted by molar-refractivity contribution is -0.386. The first-order valence-electron chi connectivity index (χ1n) is 7.12. The number of hydrogen-bond donors (Lipinski definition) is 2. The number of aryl methyl sites for hydroxylation is 2. The summed E-state index contributed by atoms with van der Waals surface area (Å²) in [5, 5.41) is 22.6. The van der Waals surface area contributed by atoms with Crippen LogP contribution in [0.3, 0.4) is 0 Å². The monoisotopic (exact) mass is 367 g/mol. The molecule has 0 radical (unpaired) electrons. The van der Waals surface area contributed by atoms with Crippen molar-refractivity contribution in [3.8, 4) is 0 Å². The third kappa shape index (κ3) is 4.00. The van der Waals surface area contributed by atoms with Crippen molar-refractivity contribution in [2.75, 3.05) is 5.32 Å². The molecule has 10 nitrogen and oxygen atoms in total. The third-order valence-corrected chi connectivity index (χ3v) is 4.65. The Morgan fingerprint density at radius 3 is 2.52 bits per heavy atom. The van der Waals surface area contributed by atoms with Crippen molar-refractivity contribution in [1.82, 2.24) is 9.78 Å². The Bertz CT molecular complexity index is 964. The second-order valence-corrected chi connectivity index (χ2v) is 7.04. The Morgan fingerprint density at radius 2 is 2.00 bits per heavy atom. The summed E-state index contributed by atoms with van der Waals surface area (Å²) in [7, 11) is -3.91. The molecule has 0 spiro atoms. The fourth-order valence-electron chi connectivity index (χ4n) is 2.43. The molecule has 0 aliphatic heterocycles. The molecule has 0 bridgehead atoms. The van der Waals surface area contributed by atoms with Crippen LogP contribution in [0.4, 0.5) is 11.4 Å². The minimum Gasteiger partial charge on any atom is -0.324 e. The Balaban J connectivity index is 2.22. The highest BCUT2D eigenvalue weighted by Gasteiger charge is 2.23. The SMILES string of the molecule is Cc1ccc(NC(=O)Cn2nc(C)c([N+](=O)[O-])c2C)cc1S(N)(=O)=O. The molecular weight excluding hydrogens is 350 g/mol. The van der Waals surface area contributed by atoms with E-state index in [1.54, 1.807) is 6.92 Å². The maximum absolute atomic E-state index is 12.1. The zero-order valence-corrected chi connectivity index (χ0v) is 14.6. The van der Waals surface area contributed by atoms with Gasteiger partial charge >= 0.3 is 5.69 Å². The van der Waals surface area contributed by atoms with Gasteiger partial charge in [-0.1, -0.05) is 6.07 Å². The van der Waals surface area contributed by atoms with E-state index >= 15 is 0 Å². The van der Waals surface area contributed by atoms with Gasteiger partial charge < -0.3 is 5.32 Å². The predicted molar refractivity (Wildman–Crippen MR) is 89.5 cm³/mol. The highest BCUT2D eigenvalue weighted by atomic mass is 32.2. The summed E-state index contributed by atoms with van der Waals surface area (Å²) in [5.74, 6) is -0.510. The van der Waals surface area contributed by atoms with Crippen LogP contribution in [0, 0.1) is 30.9 Å². The number of nitrogens with two attached hydrogens (primary N) is 1. The van der Waals surface area contributed by atoms with Crippen LogP contribution >= 0.6 is 0 Å². The highest BCUT2D eigenvalue weighted by Crippen LogP contribution is 2.22. The molecule has 3 N–H and O–H groups in total. The molecule has 0 unspecified atom stereocenters. The number of aromatic nitrogens is 2. The smallest absolute Gasteiger partial charge is 0.312 e. The zero-order valence-electron chi connectivity index (χ0n) is 13.8. The van der Waals surface area contributed by atoms with Crippen molar-refractivity contribution in [3.63, 3.8) is 0 Å². The summed E-state index contributed by atoms with van der Waals surface area (Å²) in [5.41, 5.74) is 1.03. The summed E-state index contributed by atoms with van der Waals surface area (Å²) >= 11 is 0. The van der Waals surface area contributed by atoms with E-state index in [2.05, 4.69) is 10.4 Å². The van der Waals surface area contributed by atoms with Crippen molar-refractivity contribution in [3.05, 3.63) is 45.3 Å². The van der Waals surface area contributed by atoms with E-state index in [-0.39, 0.29) is 34.2 Å². The van der Waals surface area contributed by atoms with Crippen LogP contribution in [0.25, 0.3) is 0 Å². The van der Waals surface area contributed by atoms with Gasteiger partial charge in [0.25, 0.3) is 0 Å². The molecule has 0 aliphatic carbocycles. The number of nitrogens with zero attached hydrogens (tertiary/aromatic N) is 3. The van der Waals surface area contributed by atoms with Crippen LogP contribution in [-0.4, -0.2) is 29.0 Å². The van der Waals surface area contributed by atoms with Crippen molar-refractivity contribution >= 4 is 27.3 Å². The molecule has 11 heteroatoms. The van der Waals surface area contributed by atoms with Crippen LogP contribution in [0.2, 0.25) is 0 Å². The number of benzene rings is 1. The van der Waals surface area contributed by atoms with Gasteiger partial charge in [-0.15, -0.1) is 0 Å². The number of nitro groups is 1. The van der Waals surface area contributed by atoms with Gasteiger partial charge in [0.2, 0.25) is 15.9 Å². The van der Waals surface area contributed by atoms with E-state index < -0.39 is 20.9 Å². The van der Waals surface area contributed by atoms with Crippen molar-refractivity contribution < 1.29 is 18.1 Å². The lowest BCUT2D eigenvalue weighted by atomic mass is 10.2. The quantitative estimate of drug-likeness (QED) is 0.594. The standard InChI is InChI=1S/C14H17N5O5S/c1-8-4-5-11(6-12(8)25(15,23)24)16-13(20)7-18-10(3)14(19(21)22)9(2)17-18/h4-6H,7H2,1-3H3,(H,16,20)(H2,15,23,24). The molecule has 0 saturated heterocycles.